The number of fused-ring (bicyclic) bond motifs is 9. The summed E-state index contributed by atoms with van der Waals surface area (Å²) in [6.45, 7) is 0. The fourth-order valence-electron chi connectivity index (χ4n) is 6.62. The number of hydrogen-bond donors (Lipinski definition) is 0. The fourth-order valence-corrected chi connectivity index (χ4v) is 6.62. The Hall–Kier alpha value is -5.08. The number of nitrogens with zero attached hydrogens (tertiary/aromatic N) is 2. The van der Waals surface area contributed by atoms with Gasteiger partial charge in [0.15, 0.2) is 0 Å². The topological polar surface area (TPSA) is 9.34 Å². The highest BCUT2D eigenvalue weighted by Gasteiger charge is 2.18. The summed E-state index contributed by atoms with van der Waals surface area (Å²) in [4.78, 5) is 0. The van der Waals surface area contributed by atoms with Crippen molar-refractivity contribution in [3.63, 3.8) is 0 Å². The molecule has 0 aliphatic heterocycles. The Morgan fingerprint density at radius 1 is 0.342 bits per heavy atom. The van der Waals surface area contributed by atoms with Crippen LogP contribution in [0.15, 0.2) is 133 Å². The van der Waals surface area contributed by atoms with E-state index in [2.05, 4.69) is 142 Å². The van der Waals surface area contributed by atoms with Gasteiger partial charge in [-0.1, -0.05) is 91.0 Å². The minimum absolute atomic E-state index is 1.18. The maximum absolute atomic E-state index is 2.44. The van der Waals surface area contributed by atoms with Crippen molar-refractivity contribution in [1.29, 1.82) is 0 Å². The largest absolute Gasteiger partial charge is 0.309 e. The van der Waals surface area contributed by atoms with Gasteiger partial charge in [-0.15, -0.1) is 0 Å². The minimum Gasteiger partial charge on any atom is -0.309 e. The Labute approximate surface area is 218 Å². The van der Waals surface area contributed by atoms with E-state index in [1.54, 1.807) is 0 Å². The SMILES string of the molecule is c1ccc(-n2c3ccccc3c3ccc(-c4ccc5c(c4)c4cccc6c7ccccc7n5c64)cc32)cc1. The summed E-state index contributed by atoms with van der Waals surface area (Å²) in [5.74, 6) is 0. The second-order valence-electron chi connectivity index (χ2n) is 10.2. The first-order chi connectivity index (χ1) is 18.9. The van der Waals surface area contributed by atoms with E-state index in [1.165, 1.54) is 76.7 Å². The highest BCUT2D eigenvalue weighted by molar-refractivity contribution is 6.23. The van der Waals surface area contributed by atoms with Crippen LogP contribution in [0.5, 0.6) is 0 Å². The molecule has 0 saturated heterocycles. The first-order valence-electron chi connectivity index (χ1n) is 13.1. The van der Waals surface area contributed by atoms with Gasteiger partial charge in [0, 0.05) is 38.0 Å². The number of aromatic nitrogens is 2. The number of rotatable bonds is 2. The van der Waals surface area contributed by atoms with Crippen molar-refractivity contribution in [1.82, 2.24) is 8.97 Å². The zero-order valence-corrected chi connectivity index (χ0v) is 20.6. The van der Waals surface area contributed by atoms with Crippen molar-refractivity contribution < 1.29 is 0 Å². The second kappa shape index (κ2) is 7.24. The van der Waals surface area contributed by atoms with Gasteiger partial charge in [-0.05, 0) is 53.6 Å². The lowest BCUT2D eigenvalue weighted by atomic mass is 10.0. The first-order valence-corrected chi connectivity index (χ1v) is 13.1. The predicted octanol–water partition coefficient (Wildman–Crippen LogP) is 9.60. The molecule has 38 heavy (non-hydrogen) atoms. The van der Waals surface area contributed by atoms with Crippen LogP contribution >= 0.6 is 0 Å². The normalized spacial score (nSPS) is 12.2. The molecule has 0 fully saturated rings. The van der Waals surface area contributed by atoms with Gasteiger partial charge in [0.1, 0.15) is 0 Å². The molecule has 0 N–H and O–H groups in total. The van der Waals surface area contributed by atoms with Crippen LogP contribution in [0, 0.1) is 0 Å². The lowest BCUT2D eigenvalue weighted by Gasteiger charge is -2.09. The van der Waals surface area contributed by atoms with Crippen LogP contribution in [0.1, 0.15) is 0 Å². The molecule has 176 valence electrons. The summed E-state index contributed by atoms with van der Waals surface area (Å²) in [6.07, 6.45) is 0. The minimum atomic E-state index is 1.18. The van der Waals surface area contributed by atoms with E-state index in [-0.39, 0.29) is 0 Å². The monoisotopic (exact) mass is 482 g/mol. The molecule has 0 unspecified atom stereocenters. The predicted molar refractivity (Wildman–Crippen MR) is 161 cm³/mol. The van der Waals surface area contributed by atoms with Gasteiger partial charge >= 0.3 is 0 Å². The molecule has 0 aliphatic carbocycles. The molecule has 3 aromatic heterocycles. The van der Waals surface area contributed by atoms with Crippen LogP contribution in [-0.2, 0) is 0 Å². The summed E-state index contributed by atoms with van der Waals surface area (Å²) in [6, 6.07) is 48.7. The summed E-state index contributed by atoms with van der Waals surface area (Å²) in [5.41, 5.74) is 9.98. The molecular formula is C36H22N2. The van der Waals surface area contributed by atoms with E-state index in [4.69, 9.17) is 0 Å². The van der Waals surface area contributed by atoms with E-state index in [1.807, 2.05) is 0 Å². The number of hydrogen-bond acceptors (Lipinski definition) is 0. The van der Waals surface area contributed by atoms with Crippen molar-refractivity contribution in [3.05, 3.63) is 133 Å². The van der Waals surface area contributed by atoms with Gasteiger partial charge in [-0.2, -0.15) is 0 Å². The molecule has 9 aromatic rings. The smallest absolute Gasteiger partial charge is 0.0620 e. The quantitative estimate of drug-likeness (QED) is 0.232. The first kappa shape index (κ1) is 20.0. The Bertz CT molecular complexity index is 2330. The zero-order valence-electron chi connectivity index (χ0n) is 20.6. The van der Waals surface area contributed by atoms with E-state index in [9.17, 15) is 0 Å². The number of benzene rings is 6. The summed E-state index contributed by atoms with van der Waals surface area (Å²) in [5, 5.41) is 7.82. The Morgan fingerprint density at radius 3 is 1.76 bits per heavy atom. The summed E-state index contributed by atoms with van der Waals surface area (Å²) < 4.78 is 4.83. The Morgan fingerprint density at radius 2 is 0.921 bits per heavy atom. The molecule has 6 aromatic carbocycles. The molecule has 2 heteroatoms. The molecule has 0 atom stereocenters. The average molecular weight is 483 g/mol. The van der Waals surface area contributed by atoms with Crippen molar-refractivity contribution in [2.24, 2.45) is 0 Å². The zero-order chi connectivity index (χ0) is 24.8. The Kier molecular flexibility index (Phi) is 3.82. The molecule has 0 spiro atoms. The van der Waals surface area contributed by atoms with Gasteiger partial charge < -0.3 is 8.97 Å². The molecule has 0 saturated carbocycles. The molecule has 0 bridgehead atoms. The van der Waals surface area contributed by atoms with Crippen molar-refractivity contribution in [2.75, 3.05) is 0 Å². The van der Waals surface area contributed by atoms with E-state index in [0.29, 0.717) is 0 Å². The van der Waals surface area contributed by atoms with Crippen LogP contribution in [0.3, 0.4) is 0 Å². The van der Waals surface area contributed by atoms with Gasteiger partial charge in [-0.3, -0.25) is 0 Å². The third kappa shape index (κ3) is 2.51. The molecule has 2 nitrogen and oxygen atoms in total. The van der Waals surface area contributed by atoms with Crippen LogP contribution in [0.2, 0.25) is 0 Å². The van der Waals surface area contributed by atoms with E-state index in [0.717, 1.165) is 0 Å². The highest BCUT2D eigenvalue weighted by Crippen LogP contribution is 2.41. The van der Waals surface area contributed by atoms with Gasteiger partial charge in [0.2, 0.25) is 0 Å². The van der Waals surface area contributed by atoms with Crippen molar-refractivity contribution >= 4 is 59.9 Å². The van der Waals surface area contributed by atoms with Crippen LogP contribution in [0.4, 0.5) is 0 Å². The average Bonchev–Trinajstić information content (AvgIpc) is 3.62. The van der Waals surface area contributed by atoms with E-state index < -0.39 is 0 Å². The lowest BCUT2D eigenvalue weighted by molar-refractivity contribution is 1.18. The van der Waals surface area contributed by atoms with Gasteiger partial charge in [0.05, 0.1) is 27.6 Å². The molecule has 0 amide bonds. The van der Waals surface area contributed by atoms with Crippen LogP contribution in [0.25, 0.3) is 76.7 Å². The van der Waals surface area contributed by atoms with Crippen LogP contribution in [-0.4, -0.2) is 8.97 Å². The maximum atomic E-state index is 2.44. The number of para-hydroxylation sites is 4. The Balaban J connectivity index is 1.33. The molecule has 3 heterocycles. The van der Waals surface area contributed by atoms with E-state index >= 15 is 0 Å². The summed E-state index contributed by atoms with van der Waals surface area (Å²) in [7, 11) is 0. The molecular weight excluding hydrogens is 460 g/mol. The van der Waals surface area contributed by atoms with Crippen LogP contribution < -0.4 is 0 Å². The maximum Gasteiger partial charge on any atom is 0.0620 e. The second-order valence-corrected chi connectivity index (χ2v) is 10.2. The third-order valence-corrected chi connectivity index (χ3v) is 8.24. The lowest BCUT2D eigenvalue weighted by Crippen LogP contribution is -1.93. The molecule has 0 radical (unpaired) electrons. The van der Waals surface area contributed by atoms with Crippen molar-refractivity contribution in [3.8, 4) is 16.8 Å². The standard InChI is InChI=1S/C36H22N2/c1-2-9-25(10-3-1)37-32-15-6-4-11-26(32)28-19-17-24(22-35(28)37)23-18-20-34-31(21-23)30-14-8-13-29-27-12-5-7-16-33(27)38(34)36(29)30/h1-22H. The fraction of sp³-hybridized carbons (Fsp3) is 0. The summed E-state index contributed by atoms with van der Waals surface area (Å²) >= 11 is 0. The third-order valence-electron chi connectivity index (χ3n) is 8.24. The van der Waals surface area contributed by atoms with Gasteiger partial charge in [0.25, 0.3) is 0 Å². The van der Waals surface area contributed by atoms with Gasteiger partial charge in [-0.25, -0.2) is 0 Å². The van der Waals surface area contributed by atoms with Crippen molar-refractivity contribution in [2.45, 2.75) is 0 Å². The molecule has 0 aliphatic rings. The highest BCUT2D eigenvalue weighted by atomic mass is 15.0. The molecule has 9 rings (SSSR count).